The fourth-order valence-electron chi connectivity index (χ4n) is 2.70. The number of amides is 1. The lowest BCUT2D eigenvalue weighted by Gasteiger charge is -2.24. The molecule has 118 valence electrons. The van der Waals surface area contributed by atoms with Gasteiger partial charge < -0.3 is 9.47 Å². The van der Waals surface area contributed by atoms with Gasteiger partial charge in [0.1, 0.15) is 12.2 Å². The molecule has 1 saturated heterocycles. The molecule has 1 saturated carbocycles. The second kappa shape index (κ2) is 5.00. The third kappa shape index (κ3) is 2.67. The van der Waals surface area contributed by atoms with Crippen LogP contribution in [-0.4, -0.2) is 30.8 Å². The van der Waals surface area contributed by atoms with Crippen molar-refractivity contribution in [1.82, 2.24) is 0 Å². The molecule has 2 fully saturated rings. The summed E-state index contributed by atoms with van der Waals surface area (Å²) in [6.45, 7) is 6.62. The van der Waals surface area contributed by atoms with Crippen molar-refractivity contribution in [1.29, 1.82) is 0 Å². The van der Waals surface area contributed by atoms with E-state index in [1.54, 1.807) is 4.90 Å². The zero-order valence-corrected chi connectivity index (χ0v) is 13.2. The van der Waals surface area contributed by atoms with Crippen LogP contribution in [0.15, 0.2) is 24.3 Å². The average Bonchev–Trinajstić information content (AvgIpc) is 3.15. The molecule has 2 aliphatic rings. The number of hydrogen-bond acceptors (Lipinski definition) is 4. The Morgan fingerprint density at radius 1 is 1.23 bits per heavy atom. The highest BCUT2D eigenvalue weighted by molar-refractivity contribution is 5.90. The molecule has 1 aliphatic carbocycles. The van der Waals surface area contributed by atoms with E-state index in [-0.39, 0.29) is 12.1 Å². The Morgan fingerprint density at radius 2 is 1.86 bits per heavy atom. The van der Waals surface area contributed by atoms with E-state index in [1.807, 2.05) is 45.0 Å². The maximum Gasteiger partial charge on any atom is 0.414 e. The van der Waals surface area contributed by atoms with Crippen molar-refractivity contribution >= 4 is 17.7 Å². The highest BCUT2D eigenvalue weighted by atomic mass is 16.6. The number of carbonyl (C=O) groups excluding carboxylic acids is 2. The first-order valence-corrected chi connectivity index (χ1v) is 7.60. The fraction of sp³-hybridized carbons (Fsp3) is 0.529. The van der Waals surface area contributed by atoms with Crippen molar-refractivity contribution in [2.45, 2.75) is 44.6 Å². The van der Waals surface area contributed by atoms with E-state index in [2.05, 4.69) is 0 Å². The Kier molecular flexibility index (Phi) is 3.38. The molecule has 0 aromatic heterocycles. The minimum atomic E-state index is -0.503. The number of ether oxygens (including phenoxy) is 2. The second-order valence-corrected chi connectivity index (χ2v) is 6.90. The number of hydrogen-bond donors (Lipinski definition) is 0. The van der Waals surface area contributed by atoms with E-state index in [0.717, 1.165) is 24.1 Å². The molecule has 1 aromatic rings. The number of benzene rings is 1. The van der Waals surface area contributed by atoms with Gasteiger partial charge in [-0.3, -0.25) is 9.69 Å². The lowest BCUT2D eigenvalue weighted by molar-refractivity contribution is -0.158. The van der Waals surface area contributed by atoms with Crippen molar-refractivity contribution in [3.8, 4) is 0 Å². The van der Waals surface area contributed by atoms with Gasteiger partial charge in [0.25, 0.3) is 0 Å². The van der Waals surface area contributed by atoms with Crippen LogP contribution in [-0.2, 0) is 19.7 Å². The zero-order valence-electron chi connectivity index (χ0n) is 13.2. The maximum atomic E-state index is 12.4. The van der Waals surface area contributed by atoms with Crippen LogP contribution in [0.2, 0.25) is 0 Å². The minimum Gasteiger partial charge on any atom is -0.459 e. The number of cyclic esters (lactones) is 1. The van der Waals surface area contributed by atoms with Gasteiger partial charge in [0.05, 0.1) is 12.0 Å². The topological polar surface area (TPSA) is 55.8 Å². The molecule has 5 nitrogen and oxygen atoms in total. The Morgan fingerprint density at radius 3 is 2.32 bits per heavy atom. The molecular weight excluding hydrogens is 282 g/mol. The first-order valence-electron chi connectivity index (χ1n) is 7.60. The molecule has 5 heteroatoms. The third-order valence-electron chi connectivity index (χ3n) is 4.03. The number of anilines is 1. The Bertz CT molecular complexity index is 596. The lowest BCUT2D eigenvalue weighted by atomic mass is 9.95. The number of rotatable bonds is 3. The van der Waals surface area contributed by atoms with Crippen molar-refractivity contribution in [3.63, 3.8) is 0 Å². The minimum absolute atomic E-state index is 0.159. The molecule has 0 bridgehead atoms. The molecule has 0 unspecified atom stereocenters. The summed E-state index contributed by atoms with van der Waals surface area (Å²) in [5, 5.41) is 0. The molecule has 1 heterocycles. The van der Waals surface area contributed by atoms with Crippen molar-refractivity contribution in [3.05, 3.63) is 29.8 Å². The van der Waals surface area contributed by atoms with Crippen LogP contribution in [0.1, 0.15) is 39.2 Å². The molecule has 1 aromatic carbocycles. The summed E-state index contributed by atoms with van der Waals surface area (Å²) in [6, 6.07) is 7.56. The molecule has 0 spiro atoms. The standard InChI is InChI=1S/C17H21NO4/c1-16(2,3)22-14(19)17(8-9-17)12-4-6-13(7-5-12)18-10-11-21-15(18)20/h4-7H,8-11H2,1-3H3. The highest BCUT2D eigenvalue weighted by Gasteiger charge is 2.53. The monoisotopic (exact) mass is 303 g/mol. The van der Waals surface area contributed by atoms with Crippen LogP contribution in [0.4, 0.5) is 10.5 Å². The maximum absolute atomic E-state index is 12.4. The van der Waals surface area contributed by atoms with Gasteiger partial charge in [-0.05, 0) is 51.3 Å². The molecule has 1 aliphatic heterocycles. The van der Waals surface area contributed by atoms with Crippen LogP contribution >= 0.6 is 0 Å². The number of esters is 1. The van der Waals surface area contributed by atoms with E-state index < -0.39 is 11.0 Å². The summed E-state index contributed by atoms with van der Waals surface area (Å²) in [7, 11) is 0. The molecule has 22 heavy (non-hydrogen) atoms. The SMILES string of the molecule is CC(C)(C)OC(=O)C1(c2ccc(N3CCOC3=O)cc2)CC1. The highest BCUT2D eigenvalue weighted by Crippen LogP contribution is 2.50. The summed E-state index contributed by atoms with van der Waals surface area (Å²) >= 11 is 0. The molecule has 0 radical (unpaired) electrons. The van der Waals surface area contributed by atoms with Crippen LogP contribution in [0.25, 0.3) is 0 Å². The molecular formula is C17H21NO4. The predicted molar refractivity (Wildman–Crippen MR) is 81.9 cm³/mol. The summed E-state index contributed by atoms with van der Waals surface area (Å²) < 4.78 is 10.5. The molecule has 1 amide bonds. The van der Waals surface area contributed by atoms with Gasteiger partial charge in [-0.15, -0.1) is 0 Å². The molecule has 3 rings (SSSR count). The second-order valence-electron chi connectivity index (χ2n) is 6.90. The van der Waals surface area contributed by atoms with Crippen molar-refractivity contribution in [2.24, 2.45) is 0 Å². The molecule has 0 N–H and O–H groups in total. The number of nitrogens with zero attached hydrogens (tertiary/aromatic N) is 1. The van der Waals surface area contributed by atoms with Gasteiger partial charge in [0.15, 0.2) is 0 Å². The van der Waals surface area contributed by atoms with Crippen LogP contribution < -0.4 is 4.90 Å². The number of carbonyl (C=O) groups is 2. The predicted octanol–water partition coefficient (Wildman–Crippen LogP) is 3.02. The van der Waals surface area contributed by atoms with Crippen molar-refractivity contribution < 1.29 is 19.1 Å². The summed E-state index contributed by atoms with van der Waals surface area (Å²) in [5.74, 6) is -0.159. The van der Waals surface area contributed by atoms with Gasteiger partial charge in [0.2, 0.25) is 0 Å². The first-order chi connectivity index (χ1) is 10.3. The summed E-state index contributed by atoms with van der Waals surface area (Å²) in [6.07, 6.45) is 1.31. The van der Waals surface area contributed by atoms with Crippen LogP contribution in [0, 0.1) is 0 Å². The Hall–Kier alpha value is -2.04. The average molecular weight is 303 g/mol. The largest absolute Gasteiger partial charge is 0.459 e. The van der Waals surface area contributed by atoms with E-state index in [9.17, 15) is 9.59 Å². The van der Waals surface area contributed by atoms with Gasteiger partial charge in [-0.25, -0.2) is 4.79 Å². The quantitative estimate of drug-likeness (QED) is 0.805. The van der Waals surface area contributed by atoms with Gasteiger partial charge >= 0.3 is 12.1 Å². The van der Waals surface area contributed by atoms with Gasteiger partial charge in [-0.2, -0.15) is 0 Å². The Balaban J connectivity index is 1.78. The van der Waals surface area contributed by atoms with E-state index >= 15 is 0 Å². The third-order valence-corrected chi connectivity index (χ3v) is 4.03. The smallest absolute Gasteiger partial charge is 0.414 e. The lowest BCUT2D eigenvalue weighted by Crippen LogP contribution is -2.32. The van der Waals surface area contributed by atoms with Crippen LogP contribution in [0.3, 0.4) is 0 Å². The van der Waals surface area contributed by atoms with E-state index in [0.29, 0.717) is 13.2 Å². The van der Waals surface area contributed by atoms with Gasteiger partial charge in [0, 0.05) is 5.69 Å². The molecule has 0 atom stereocenters. The van der Waals surface area contributed by atoms with Crippen molar-refractivity contribution in [2.75, 3.05) is 18.1 Å². The van der Waals surface area contributed by atoms with Gasteiger partial charge in [-0.1, -0.05) is 12.1 Å². The van der Waals surface area contributed by atoms with E-state index in [1.165, 1.54) is 0 Å². The normalized spacial score (nSPS) is 19.8. The summed E-state index contributed by atoms with van der Waals surface area (Å²) in [5.41, 5.74) is 0.771. The van der Waals surface area contributed by atoms with E-state index in [4.69, 9.17) is 9.47 Å². The fourth-order valence-corrected chi connectivity index (χ4v) is 2.70. The van der Waals surface area contributed by atoms with Crippen LogP contribution in [0.5, 0.6) is 0 Å². The Labute approximate surface area is 130 Å². The zero-order chi connectivity index (χ0) is 16.0. The summed E-state index contributed by atoms with van der Waals surface area (Å²) in [4.78, 5) is 25.6. The first kappa shape index (κ1) is 14.9.